The standard InChI is InChI=1S/C12H10BrN3/c1-16-6-9(11-12(13)15-7-14-11)8-4-2-3-5-10(8)16/h2-7H,1H3,(H,14,15). The Morgan fingerprint density at radius 3 is 2.88 bits per heavy atom. The number of nitrogens with zero attached hydrogens (tertiary/aromatic N) is 2. The van der Waals surface area contributed by atoms with Crippen molar-refractivity contribution in [1.82, 2.24) is 14.5 Å². The third-order valence-corrected chi connectivity index (χ3v) is 3.35. The highest BCUT2D eigenvalue weighted by atomic mass is 79.9. The molecule has 3 rings (SSSR count). The van der Waals surface area contributed by atoms with Crippen LogP contribution in [0.15, 0.2) is 41.4 Å². The molecule has 0 aliphatic carbocycles. The van der Waals surface area contributed by atoms with Crippen LogP contribution < -0.4 is 0 Å². The summed E-state index contributed by atoms with van der Waals surface area (Å²) >= 11 is 3.47. The number of hydrogen-bond donors (Lipinski definition) is 1. The summed E-state index contributed by atoms with van der Waals surface area (Å²) in [4.78, 5) is 7.37. The minimum atomic E-state index is 0.920. The number of fused-ring (bicyclic) bond motifs is 1. The van der Waals surface area contributed by atoms with E-state index in [-0.39, 0.29) is 0 Å². The number of para-hydroxylation sites is 1. The van der Waals surface area contributed by atoms with E-state index in [1.807, 2.05) is 19.2 Å². The summed E-state index contributed by atoms with van der Waals surface area (Å²) in [5, 5.41) is 1.22. The van der Waals surface area contributed by atoms with Crippen LogP contribution in [0.5, 0.6) is 0 Å². The van der Waals surface area contributed by atoms with E-state index >= 15 is 0 Å². The minimum absolute atomic E-state index is 0.920. The lowest BCUT2D eigenvalue weighted by Gasteiger charge is -1.95. The molecule has 2 aromatic heterocycles. The number of benzene rings is 1. The second-order valence-electron chi connectivity index (χ2n) is 3.74. The molecule has 0 aliphatic heterocycles. The molecule has 16 heavy (non-hydrogen) atoms. The Labute approximate surface area is 101 Å². The van der Waals surface area contributed by atoms with Gasteiger partial charge < -0.3 is 9.55 Å². The number of nitrogens with one attached hydrogen (secondary N) is 1. The van der Waals surface area contributed by atoms with Crippen LogP contribution in [-0.2, 0) is 7.05 Å². The van der Waals surface area contributed by atoms with Gasteiger partial charge in [-0.25, -0.2) is 4.98 Å². The molecule has 1 aromatic carbocycles. The molecule has 3 nitrogen and oxygen atoms in total. The van der Waals surface area contributed by atoms with Crippen LogP contribution >= 0.6 is 15.9 Å². The Morgan fingerprint density at radius 1 is 1.31 bits per heavy atom. The number of aromatic amines is 1. The molecule has 0 amide bonds. The van der Waals surface area contributed by atoms with Crippen molar-refractivity contribution in [2.24, 2.45) is 7.05 Å². The summed E-state index contributed by atoms with van der Waals surface area (Å²) in [6.45, 7) is 0. The number of hydrogen-bond acceptors (Lipinski definition) is 1. The third-order valence-electron chi connectivity index (χ3n) is 2.74. The van der Waals surface area contributed by atoms with E-state index in [9.17, 15) is 0 Å². The highest BCUT2D eigenvalue weighted by molar-refractivity contribution is 9.10. The first-order valence-corrected chi connectivity index (χ1v) is 5.80. The molecule has 0 saturated carbocycles. The maximum Gasteiger partial charge on any atom is 0.110 e. The number of halogens is 1. The van der Waals surface area contributed by atoms with E-state index in [2.05, 4.69) is 48.8 Å². The molecule has 0 saturated heterocycles. The van der Waals surface area contributed by atoms with Gasteiger partial charge in [0.1, 0.15) is 10.3 Å². The van der Waals surface area contributed by atoms with Crippen LogP contribution in [-0.4, -0.2) is 14.5 Å². The molecule has 0 unspecified atom stereocenters. The normalized spacial score (nSPS) is 11.1. The van der Waals surface area contributed by atoms with Crippen molar-refractivity contribution >= 4 is 26.8 Å². The lowest BCUT2D eigenvalue weighted by atomic mass is 10.1. The molecule has 0 radical (unpaired) electrons. The van der Waals surface area contributed by atoms with Crippen LogP contribution in [0, 0.1) is 0 Å². The Hall–Kier alpha value is -1.55. The zero-order chi connectivity index (χ0) is 11.1. The first kappa shape index (κ1) is 9.66. The summed E-state index contributed by atoms with van der Waals surface area (Å²) in [6, 6.07) is 8.32. The Kier molecular flexibility index (Phi) is 2.11. The molecule has 4 heteroatoms. The first-order valence-electron chi connectivity index (χ1n) is 5.00. The van der Waals surface area contributed by atoms with Gasteiger partial charge in [-0.2, -0.15) is 0 Å². The average Bonchev–Trinajstić information content (AvgIpc) is 2.84. The van der Waals surface area contributed by atoms with Crippen molar-refractivity contribution in [1.29, 1.82) is 0 Å². The van der Waals surface area contributed by atoms with Gasteiger partial charge in [0.05, 0.1) is 6.33 Å². The van der Waals surface area contributed by atoms with E-state index in [0.29, 0.717) is 0 Å². The van der Waals surface area contributed by atoms with Crippen molar-refractivity contribution in [3.8, 4) is 11.3 Å². The zero-order valence-electron chi connectivity index (χ0n) is 8.74. The summed E-state index contributed by atoms with van der Waals surface area (Å²) in [6.07, 6.45) is 3.80. The smallest absolute Gasteiger partial charge is 0.110 e. The predicted octanol–water partition coefficient (Wildman–Crippen LogP) is 3.33. The predicted molar refractivity (Wildman–Crippen MR) is 68.2 cm³/mol. The lowest BCUT2D eigenvalue weighted by Crippen LogP contribution is -1.81. The van der Waals surface area contributed by atoms with Crippen LogP contribution in [0.2, 0.25) is 0 Å². The Bertz CT molecular complexity index is 651. The first-order chi connectivity index (χ1) is 7.77. The summed E-state index contributed by atoms with van der Waals surface area (Å²) in [5.74, 6) is 0. The number of aromatic nitrogens is 3. The van der Waals surface area contributed by atoms with Gasteiger partial charge in [-0.3, -0.25) is 0 Å². The molecule has 3 aromatic rings. The number of aryl methyl sites for hydroxylation is 1. The van der Waals surface area contributed by atoms with E-state index < -0.39 is 0 Å². The molecular weight excluding hydrogens is 266 g/mol. The van der Waals surface area contributed by atoms with Gasteiger partial charge in [0.15, 0.2) is 0 Å². The van der Waals surface area contributed by atoms with Gasteiger partial charge >= 0.3 is 0 Å². The van der Waals surface area contributed by atoms with Crippen molar-refractivity contribution in [3.63, 3.8) is 0 Å². The second-order valence-corrected chi connectivity index (χ2v) is 4.53. The molecule has 80 valence electrons. The highest BCUT2D eigenvalue weighted by Gasteiger charge is 2.12. The van der Waals surface area contributed by atoms with Crippen molar-refractivity contribution < 1.29 is 0 Å². The Morgan fingerprint density at radius 2 is 2.12 bits per heavy atom. The van der Waals surface area contributed by atoms with E-state index in [1.54, 1.807) is 6.33 Å². The second kappa shape index (κ2) is 3.49. The highest BCUT2D eigenvalue weighted by Crippen LogP contribution is 2.32. The SMILES string of the molecule is Cn1cc(-c2nc[nH]c2Br)c2ccccc21. The fourth-order valence-corrected chi connectivity index (χ4v) is 2.42. The van der Waals surface area contributed by atoms with Gasteiger partial charge in [0.25, 0.3) is 0 Å². The van der Waals surface area contributed by atoms with Crippen molar-refractivity contribution in [2.45, 2.75) is 0 Å². The van der Waals surface area contributed by atoms with Gasteiger partial charge in [0.2, 0.25) is 0 Å². The largest absolute Gasteiger partial charge is 0.350 e. The molecule has 0 fully saturated rings. The monoisotopic (exact) mass is 275 g/mol. The van der Waals surface area contributed by atoms with Crippen LogP contribution in [0.1, 0.15) is 0 Å². The molecule has 0 atom stereocenters. The zero-order valence-corrected chi connectivity index (χ0v) is 10.3. The molecule has 0 bridgehead atoms. The maximum absolute atomic E-state index is 4.33. The van der Waals surface area contributed by atoms with E-state index in [0.717, 1.165) is 15.9 Å². The fourth-order valence-electron chi connectivity index (χ4n) is 2.00. The lowest BCUT2D eigenvalue weighted by molar-refractivity contribution is 0.969. The van der Waals surface area contributed by atoms with Crippen LogP contribution in [0.3, 0.4) is 0 Å². The van der Waals surface area contributed by atoms with Crippen LogP contribution in [0.25, 0.3) is 22.2 Å². The Balaban J connectivity index is 2.37. The number of rotatable bonds is 1. The third kappa shape index (κ3) is 1.30. The van der Waals surface area contributed by atoms with E-state index in [1.165, 1.54) is 10.9 Å². The van der Waals surface area contributed by atoms with Gasteiger partial charge in [-0.15, -0.1) is 0 Å². The number of imidazole rings is 1. The maximum atomic E-state index is 4.33. The van der Waals surface area contributed by atoms with Crippen molar-refractivity contribution in [2.75, 3.05) is 0 Å². The molecule has 2 heterocycles. The van der Waals surface area contributed by atoms with Gasteiger partial charge in [0, 0.05) is 29.7 Å². The fraction of sp³-hybridized carbons (Fsp3) is 0.0833. The summed E-state index contributed by atoms with van der Waals surface area (Å²) < 4.78 is 3.04. The molecule has 1 N–H and O–H groups in total. The number of H-pyrrole nitrogens is 1. The van der Waals surface area contributed by atoms with Crippen molar-refractivity contribution in [3.05, 3.63) is 41.4 Å². The van der Waals surface area contributed by atoms with Gasteiger partial charge in [-0.1, -0.05) is 18.2 Å². The minimum Gasteiger partial charge on any atom is -0.350 e. The molecule has 0 spiro atoms. The van der Waals surface area contributed by atoms with E-state index in [4.69, 9.17) is 0 Å². The summed E-state index contributed by atoms with van der Waals surface area (Å²) in [5.41, 5.74) is 3.32. The average molecular weight is 276 g/mol. The van der Waals surface area contributed by atoms with Crippen LogP contribution in [0.4, 0.5) is 0 Å². The topological polar surface area (TPSA) is 33.6 Å². The molecule has 0 aliphatic rings. The molecular formula is C12H10BrN3. The quantitative estimate of drug-likeness (QED) is 0.726. The van der Waals surface area contributed by atoms with Gasteiger partial charge in [-0.05, 0) is 22.0 Å². The summed E-state index contributed by atoms with van der Waals surface area (Å²) in [7, 11) is 2.05.